The SMILES string of the molecule is CCOC(=O)[C@H](CCS(=O)(=O)NN)NC(=O)OCc1ccccc1. The van der Waals surface area contributed by atoms with E-state index in [4.69, 9.17) is 15.3 Å². The maximum atomic E-state index is 11.8. The van der Waals surface area contributed by atoms with Crippen LogP contribution in [0.25, 0.3) is 0 Å². The Balaban J connectivity index is 2.59. The molecule has 0 aromatic heterocycles. The second-order valence-corrected chi connectivity index (χ2v) is 6.61. The molecule has 0 saturated carbocycles. The summed E-state index contributed by atoms with van der Waals surface area (Å²) in [5.74, 6) is 3.67. The highest BCUT2D eigenvalue weighted by Gasteiger charge is 2.25. The maximum Gasteiger partial charge on any atom is 0.408 e. The summed E-state index contributed by atoms with van der Waals surface area (Å²) < 4.78 is 32.5. The van der Waals surface area contributed by atoms with Crippen LogP contribution in [0, 0.1) is 0 Å². The standard InChI is InChI=1S/C14H21N3O6S/c1-2-22-13(18)12(8-9-24(20,21)17-15)16-14(19)23-10-11-6-4-3-5-7-11/h3-7,12,17H,2,8-10,15H2,1H3,(H,16,19)/t12-/m0/s1. The maximum absolute atomic E-state index is 11.8. The molecule has 0 spiro atoms. The molecule has 1 atom stereocenters. The van der Waals surface area contributed by atoms with E-state index in [1.807, 2.05) is 6.07 Å². The van der Waals surface area contributed by atoms with Gasteiger partial charge in [0, 0.05) is 0 Å². The van der Waals surface area contributed by atoms with Gasteiger partial charge in [-0.05, 0) is 18.9 Å². The number of esters is 1. The number of benzene rings is 1. The lowest BCUT2D eigenvalue weighted by Gasteiger charge is -2.17. The minimum Gasteiger partial charge on any atom is -0.464 e. The van der Waals surface area contributed by atoms with E-state index in [1.54, 1.807) is 36.0 Å². The monoisotopic (exact) mass is 359 g/mol. The van der Waals surface area contributed by atoms with Crippen LogP contribution >= 0.6 is 0 Å². The lowest BCUT2D eigenvalue weighted by Crippen LogP contribution is -2.44. The highest BCUT2D eigenvalue weighted by atomic mass is 32.2. The normalized spacial score (nSPS) is 12.2. The van der Waals surface area contributed by atoms with Crippen molar-refractivity contribution in [3.8, 4) is 0 Å². The van der Waals surface area contributed by atoms with Crippen LogP contribution in [0.2, 0.25) is 0 Å². The topological polar surface area (TPSA) is 137 Å². The van der Waals surface area contributed by atoms with Crippen LogP contribution in [0.3, 0.4) is 0 Å². The zero-order valence-corrected chi connectivity index (χ0v) is 14.0. The van der Waals surface area contributed by atoms with E-state index in [1.165, 1.54) is 0 Å². The van der Waals surface area contributed by atoms with Crippen molar-refractivity contribution in [3.05, 3.63) is 35.9 Å². The molecule has 0 saturated heterocycles. The van der Waals surface area contributed by atoms with Gasteiger partial charge >= 0.3 is 12.1 Å². The molecule has 24 heavy (non-hydrogen) atoms. The van der Waals surface area contributed by atoms with E-state index in [2.05, 4.69) is 5.32 Å². The summed E-state index contributed by atoms with van der Waals surface area (Å²) in [5, 5.41) is 2.30. The third-order valence-corrected chi connectivity index (χ3v) is 4.06. The van der Waals surface area contributed by atoms with E-state index >= 15 is 0 Å². The second kappa shape index (κ2) is 9.85. The summed E-state index contributed by atoms with van der Waals surface area (Å²) >= 11 is 0. The van der Waals surface area contributed by atoms with Crippen molar-refractivity contribution in [1.82, 2.24) is 10.1 Å². The summed E-state index contributed by atoms with van der Waals surface area (Å²) in [6, 6.07) is 7.81. The Kier molecular flexibility index (Phi) is 8.16. The molecule has 0 unspecified atom stereocenters. The molecular formula is C14H21N3O6S. The van der Waals surface area contributed by atoms with Crippen LogP contribution in [0.15, 0.2) is 30.3 Å². The molecule has 134 valence electrons. The summed E-state index contributed by atoms with van der Waals surface area (Å²) in [6.45, 7) is 1.71. The highest BCUT2D eigenvalue weighted by Crippen LogP contribution is 2.03. The van der Waals surface area contributed by atoms with Gasteiger partial charge in [-0.3, -0.25) is 5.84 Å². The number of sulfonamides is 1. The largest absolute Gasteiger partial charge is 0.464 e. The summed E-state index contributed by atoms with van der Waals surface area (Å²) in [5.41, 5.74) is 0.773. The predicted octanol–water partition coefficient (Wildman–Crippen LogP) is 0.0277. The molecule has 0 aliphatic rings. The van der Waals surface area contributed by atoms with Crippen LogP contribution in [0.1, 0.15) is 18.9 Å². The van der Waals surface area contributed by atoms with E-state index in [0.29, 0.717) is 0 Å². The van der Waals surface area contributed by atoms with Crippen LogP contribution in [-0.4, -0.2) is 38.9 Å². The van der Waals surface area contributed by atoms with Gasteiger partial charge in [0.15, 0.2) is 0 Å². The molecule has 0 radical (unpaired) electrons. The molecule has 1 rings (SSSR count). The minimum atomic E-state index is -3.73. The Morgan fingerprint density at radius 3 is 2.46 bits per heavy atom. The molecule has 0 aliphatic heterocycles. The number of hydrogen-bond acceptors (Lipinski definition) is 7. The number of amides is 1. The van der Waals surface area contributed by atoms with Gasteiger partial charge in [0.05, 0.1) is 12.4 Å². The first-order chi connectivity index (χ1) is 11.4. The van der Waals surface area contributed by atoms with Crippen molar-refractivity contribution in [2.75, 3.05) is 12.4 Å². The van der Waals surface area contributed by atoms with Crippen molar-refractivity contribution in [2.24, 2.45) is 5.84 Å². The smallest absolute Gasteiger partial charge is 0.408 e. The molecule has 0 heterocycles. The van der Waals surface area contributed by atoms with Crippen molar-refractivity contribution in [2.45, 2.75) is 26.0 Å². The Morgan fingerprint density at radius 1 is 1.21 bits per heavy atom. The molecule has 0 fully saturated rings. The molecule has 0 bridgehead atoms. The minimum absolute atomic E-state index is 0.0187. The van der Waals surface area contributed by atoms with E-state index in [9.17, 15) is 18.0 Å². The zero-order valence-electron chi connectivity index (χ0n) is 13.2. The van der Waals surface area contributed by atoms with Crippen LogP contribution in [0.4, 0.5) is 4.79 Å². The van der Waals surface area contributed by atoms with Gasteiger partial charge < -0.3 is 14.8 Å². The summed E-state index contributed by atoms with van der Waals surface area (Å²) in [4.78, 5) is 25.3. The first-order valence-electron chi connectivity index (χ1n) is 7.22. The fraction of sp³-hybridized carbons (Fsp3) is 0.429. The lowest BCUT2D eigenvalue weighted by atomic mass is 10.2. The van der Waals surface area contributed by atoms with Gasteiger partial charge in [0.2, 0.25) is 10.0 Å². The summed E-state index contributed by atoms with van der Waals surface area (Å²) in [7, 11) is -3.73. The highest BCUT2D eigenvalue weighted by molar-refractivity contribution is 7.89. The third kappa shape index (κ3) is 7.40. The van der Waals surface area contributed by atoms with Gasteiger partial charge in [0.25, 0.3) is 0 Å². The Bertz CT molecular complexity index is 635. The molecular weight excluding hydrogens is 338 g/mol. The van der Waals surface area contributed by atoms with Crippen LogP contribution in [-0.2, 0) is 30.9 Å². The Labute approximate surface area is 140 Å². The van der Waals surface area contributed by atoms with Gasteiger partial charge in [-0.15, -0.1) is 0 Å². The van der Waals surface area contributed by atoms with Gasteiger partial charge in [-0.25, -0.2) is 18.0 Å². The fourth-order valence-electron chi connectivity index (χ4n) is 1.73. The number of carbonyl (C=O) groups excluding carboxylic acids is 2. The molecule has 4 N–H and O–H groups in total. The average molecular weight is 359 g/mol. The van der Waals surface area contributed by atoms with Crippen LogP contribution < -0.4 is 16.0 Å². The number of hydrogen-bond donors (Lipinski definition) is 3. The Morgan fingerprint density at radius 2 is 1.88 bits per heavy atom. The summed E-state index contributed by atoms with van der Waals surface area (Å²) in [6.07, 6.45) is -1.05. The van der Waals surface area contributed by atoms with Crippen molar-refractivity contribution >= 4 is 22.1 Å². The number of nitrogens with one attached hydrogen (secondary N) is 2. The molecule has 1 aromatic carbocycles. The first-order valence-corrected chi connectivity index (χ1v) is 8.87. The molecule has 9 nitrogen and oxygen atoms in total. The molecule has 1 aromatic rings. The van der Waals surface area contributed by atoms with Gasteiger partial charge in [0.1, 0.15) is 12.6 Å². The number of nitrogens with two attached hydrogens (primary N) is 1. The first kappa shape index (κ1) is 19.9. The van der Waals surface area contributed by atoms with E-state index < -0.39 is 33.9 Å². The second-order valence-electron chi connectivity index (χ2n) is 4.74. The fourth-order valence-corrected chi connectivity index (χ4v) is 2.39. The van der Waals surface area contributed by atoms with Crippen LogP contribution in [0.5, 0.6) is 0 Å². The third-order valence-electron chi connectivity index (χ3n) is 2.93. The average Bonchev–Trinajstić information content (AvgIpc) is 2.58. The van der Waals surface area contributed by atoms with Gasteiger partial charge in [-0.2, -0.15) is 4.83 Å². The molecule has 0 aliphatic carbocycles. The van der Waals surface area contributed by atoms with Gasteiger partial charge in [-0.1, -0.05) is 30.3 Å². The quantitative estimate of drug-likeness (QED) is 0.321. The zero-order chi connectivity index (χ0) is 18.0. The van der Waals surface area contributed by atoms with E-state index in [0.717, 1.165) is 5.56 Å². The van der Waals surface area contributed by atoms with E-state index in [-0.39, 0.29) is 19.6 Å². The number of hydrazine groups is 1. The number of alkyl carbamates (subject to hydrolysis) is 1. The number of rotatable bonds is 9. The molecule has 1 amide bonds. The van der Waals surface area contributed by atoms with Crippen molar-refractivity contribution < 1.29 is 27.5 Å². The van der Waals surface area contributed by atoms with Crippen molar-refractivity contribution in [3.63, 3.8) is 0 Å². The predicted molar refractivity (Wildman–Crippen MR) is 85.9 cm³/mol. The Hall–Kier alpha value is -2.17. The van der Waals surface area contributed by atoms with Crippen molar-refractivity contribution in [1.29, 1.82) is 0 Å². The lowest BCUT2D eigenvalue weighted by molar-refractivity contribution is -0.145. The molecule has 10 heteroatoms. The number of ether oxygens (including phenoxy) is 2. The number of carbonyl (C=O) groups is 2.